The molecule has 0 unspecified atom stereocenters. The number of carbonyl (C=O) groups is 1. The lowest BCUT2D eigenvalue weighted by atomic mass is 10.1. The number of anilines is 2. The summed E-state index contributed by atoms with van der Waals surface area (Å²) in [5.41, 5.74) is 2.91. The van der Waals surface area contributed by atoms with Crippen LogP contribution in [0.2, 0.25) is 0 Å². The number of benzene rings is 1. The maximum Gasteiger partial charge on any atom is 0.255 e. The Morgan fingerprint density at radius 3 is 2.85 bits per heavy atom. The molecule has 0 bridgehead atoms. The minimum Gasteiger partial charge on any atom is -0.321 e. The molecule has 0 radical (unpaired) electrons. The maximum atomic E-state index is 13.0. The molecule has 0 saturated heterocycles. The number of halogens is 1. The zero-order chi connectivity index (χ0) is 14.5. The molecule has 0 aliphatic heterocycles. The Kier molecular flexibility index (Phi) is 3.88. The Balaban J connectivity index is 2.26. The summed E-state index contributed by atoms with van der Waals surface area (Å²) < 4.78 is 13.0. The summed E-state index contributed by atoms with van der Waals surface area (Å²) in [4.78, 5) is 15.9. The van der Waals surface area contributed by atoms with Crippen LogP contribution in [0.4, 0.5) is 15.9 Å². The topological polar surface area (TPSA) is 104 Å². The molecule has 0 aliphatic carbocycles. The Labute approximate surface area is 114 Å². The van der Waals surface area contributed by atoms with Gasteiger partial charge in [0.15, 0.2) is 0 Å². The van der Waals surface area contributed by atoms with Crippen LogP contribution in [0.25, 0.3) is 0 Å². The summed E-state index contributed by atoms with van der Waals surface area (Å²) >= 11 is 0. The molecule has 1 amide bonds. The first kappa shape index (κ1) is 13.5. The number of hydrogen-bond acceptors (Lipinski definition) is 5. The molecule has 4 N–H and O–H groups in total. The maximum absolute atomic E-state index is 13.0. The monoisotopic (exact) mass is 271 g/mol. The fourth-order valence-corrected chi connectivity index (χ4v) is 1.56. The lowest BCUT2D eigenvalue weighted by Gasteiger charge is -2.08. The molecule has 0 atom stereocenters. The third kappa shape index (κ3) is 2.88. The number of nitriles is 1. The number of aromatic nitrogens is 1. The van der Waals surface area contributed by atoms with Crippen molar-refractivity contribution in [3.8, 4) is 6.07 Å². The smallest absolute Gasteiger partial charge is 0.255 e. The van der Waals surface area contributed by atoms with Gasteiger partial charge in [-0.1, -0.05) is 0 Å². The van der Waals surface area contributed by atoms with E-state index in [1.54, 1.807) is 0 Å². The highest BCUT2D eigenvalue weighted by Crippen LogP contribution is 2.17. The molecular formula is C13H10FN5O. The number of nitrogens with two attached hydrogens (primary N) is 1. The Hall–Kier alpha value is -2.98. The zero-order valence-electron chi connectivity index (χ0n) is 10.2. The lowest BCUT2D eigenvalue weighted by molar-refractivity contribution is 0.102. The highest BCUT2D eigenvalue weighted by atomic mass is 19.1. The molecule has 0 saturated carbocycles. The van der Waals surface area contributed by atoms with Crippen molar-refractivity contribution >= 4 is 17.4 Å². The molecule has 1 aromatic heterocycles. The molecule has 2 rings (SSSR count). The van der Waals surface area contributed by atoms with E-state index in [9.17, 15) is 9.18 Å². The normalized spacial score (nSPS) is 9.65. The second-order valence-corrected chi connectivity index (χ2v) is 3.83. The van der Waals surface area contributed by atoms with Gasteiger partial charge in [0.2, 0.25) is 0 Å². The van der Waals surface area contributed by atoms with Crippen LogP contribution in [-0.4, -0.2) is 10.9 Å². The predicted octanol–water partition coefficient (Wildman–Crippen LogP) is 1.63. The minimum atomic E-state index is -0.543. The van der Waals surface area contributed by atoms with E-state index in [4.69, 9.17) is 11.1 Å². The lowest BCUT2D eigenvalue weighted by Crippen LogP contribution is -2.15. The summed E-state index contributed by atoms with van der Waals surface area (Å²) in [5, 5.41) is 11.4. The van der Waals surface area contributed by atoms with E-state index in [-0.39, 0.29) is 11.3 Å². The van der Waals surface area contributed by atoms with Crippen molar-refractivity contribution in [2.45, 2.75) is 0 Å². The third-order valence-corrected chi connectivity index (χ3v) is 2.52. The van der Waals surface area contributed by atoms with Gasteiger partial charge in [-0.25, -0.2) is 15.2 Å². The van der Waals surface area contributed by atoms with Crippen molar-refractivity contribution in [3.05, 3.63) is 53.5 Å². The average molecular weight is 271 g/mol. The van der Waals surface area contributed by atoms with E-state index >= 15 is 0 Å². The number of nitrogens with one attached hydrogen (secondary N) is 2. The second kappa shape index (κ2) is 5.77. The molecule has 0 aliphatic rings. The van der Waals surface area contributed by atoms with Crippen LogP contribution in [0.5, 0.6) is 0 Å². The largest absolute Gasteiger partial charge is 0.321 e. The van der Waals surface area contributed by atoms with E-state index < -0.39 is 11.7 Å². The number of amides is 1. The molecule has 2 aromatic rings. The number of rotatable bonds is 3. The van der Waals surface area contributed by atoms with Gasteiger partial charge in [0.05, 0.1) is 11.3 Å². The van der Waals surface area contributed by atoms with Crippen molar-refractivity contribution < 1.29 is 9.18 Å². The van der Waals surface area contributed by atoms with E-state index in [1.165, 1.54) is 24.4 Å². The first-order chi connectivity index (χ1) is 9.63. The summed E-state index contributed by atoms with van der Waals surface area (Å²) in [6.45, 7) is 0. The first-order valence-electron chi connectivity index (χ1n) is 5.57. The first-order valence-corrected chi connectivity index (χ1v) is 5.57. The van der Waals surface area contributed by atoms with Crippen LogP contribution in [-0.2, 0) is 0 Å². The summed E-state index contributed by atoms with van der Waals surface area (Å²) in [6.07, 6.45) is 1.42. The van der Waals surface area contributed by atoms with Crippen LogP contribution in [0.3, 0.4) is 0 Å². The van der Waals surface area contributed by atoms with Crippen LogP contribution >= 0.6 is 0 Å². The van der Waals surface area contributed by atoms with Gasteiger partial charge in [0.1, 0.15) is 17.7 Å². The molecule has 0 spiro atoms. The van der Waals surface area contributed by atoms with Crippen LogP contribution < -0.4 is 16.6 Å². The van der Waals surface area contributed by atoms with Crippen molar-refractivity contribution in [2.24, 2.45) is 5.84 Å². The zero-order valence-corrected chi connectivity index (χ0v) is 10.2. The van der Waals surface area contributed by atoms with Gasteiger partial charge in [-0.2, -0.15) is 5.26 Å². The van der Waals surface area contributed by atoms with Gasteiger partial charge in [0, 0.05) is 11.8 Å². The molecule has 7 heteroatoms. The average Bonchev–Trinajstić information content (AvgIpc) is 2.49. The molecular weight excluding hydrogens is 261 g/mol. The summed E-state index contributed by atoms with van der Waals surface area (Å²) in [5.74, 6) is 4.54. The molecule has 6 nitrogen and oxygen atoms in total. The van der Waals surface area contributed by atoms with E-state index in [1.807, 2.05) is 6.07 Å². The fraction of sp³-hybridized carbons (Fsp3) is 0. The molecule has 0 fully saturated rings. The number of carbonyl (C=O) groups excluding carboxylic acids is 1. The summed E-state index contributed by atoms with van der Waals surface area (Å²) in [7, 11) is 0. The van der Waals surface area contributed by atoms with Gasteiger partial charge in [-0.05, 0) is 30.3 Å². The highest BCUT2D eigenvalue weighted by molar-refractivity contribution is 6.05. The predicted molar refractivity (Wildman–Crippen MR) is 71.1 cm³/mol. The number of hydrazine groups is 1. The molecule has 1 heterocycles. The Morgan fingerprint density at radius 2 is 2.15 bits per heavy atom. The number of nitrogen functional groups attached to an aromatic ring is 1. The van der Waals surface area contributed by atoms with E-state index in [0.717, 1.165) is 12.1 Å². The van der Waals surface area contributed by atoms with E-state index in [0.29, 0.717) is 11.4 Å². The quantitative estimate of drug-likeness (QED) is 0.581. The van der Waals surface area contributed by atoms with Crippen molar-refractivity contribution in [1.29, 1.82) is 5.26 Å². The summed E-state index contributed by atoms with van der Waals surface area (Å²) in [6, 6.07) is 8.30. The van der Waals surface area contributed by atoms with Gasteiger partial charge in [-0.3, -0.25) is 4.79 Å². The highest BCUT2D eigenvalue weighted by Gasteiger charge is 2.10. The number of nitrogens with zero attached hydrogens (tertiary/aromatic N) is 2. The van der Waals surface area contributed by atoms with Gasteiger partial charge in [-0.15, -0.1) is 0 Å². The molecule has 100 valence electrons. The minimum absolute atomic E-state index is 0.0459. The molecule has 1 aromatic carbocycles. The molecule has 20 heavy (non-hydrogen) atoms. The number of pyridine rings is 1. The van der Waals surface area contributed by atoms with Crippen LogP contribution in [0.1, 0.15) is 15.9 Å². The second-order valence-electron chi connectivity index (χ2n) is 3.83. The fourth-order valence-electron chi connectivity index (χ4n) is 1.56. The standard InChI is InChI=1S/C13H10FN5O/c14-10-1-2-11(9(5-10)7-15)18-13(20)8-3-4-17-12(6-8)19-16/h1-6H,16H2,(H,17,19)(H,18,20). The van der Waals surface area contributed by atoms with Gasteiger partial charge in [0.25, 0.3) is 5.91 Å². The third-order valence-electron chi connectivity index (χ3n) is 2.52. The van der Waals surface area contributed by atoms with Crippen molar-refractivity contribution in [1.82, 2.24) is 4.98 Å². The van der Waals surface area contributed by atoms with Crippen molar-refractivity contribution in [2.75, 3.05) is 10.7 Å². The van der Waals surface area contributed by atoms with E-state index in [2.05, 4.69) is 15.7 Å². The van der Waals surface area contributed by atoms with Gasteiger partial charge < -0.3 is 10.7 Å². The Morgan fingerprint density at radius 1 is 1.35 bits per heavy atom. The van der Waals surface area contributed by atoms with Crippen molar-refractivity contribution in [3.63, 3.8) is 0 Å². The number of hydrogen-bond donors (Lipinski definition) is 3. The SMILES string of the molecule is N#Cc1cc(F)ccc1NC(=O)c1ccnc(NN)c1. The van der Waals surface area contributed by atoms with Crippen LogP contribution in [0, 0.1) is 17.1 Å². The van der Waals surface area contributed by atoms with Gasteiger partial charge >= 0.3 is 0 Å². The van der Waals surface area contributed by atoms with Crippen LogP contribution in [0.15, 0.2) is 36.5 Å². The Bertz CT molecular complexity index is 695.